The molecule has 0 amide bonds. The van der Waals surface area contributed by atoms with E-state index in [-0.39, 0.29) is 16.1 Å². The predicted octanol–water partition coefficient (Wildman–Crippen LogP) is 5.28. The second kappa shape index (κ2) is 8.80. The van der Waals surface area contributed by atoms with E-state index in [1.165, 1.54) is 38.2 Å². The first-order valence-electron chi connectivity index (χ1n) is 9.65. The Bertz CT molecular complexity index is 1210. The highest BCUT2D eigenvalue weighted by Gasteiger charge is 2.53. The van der Waals surface area contributed by atoms with Gasteiger partial charge in [-0.3, -0.25) is 4.31 Å². The third-order valence-electron chi connectivity index (χ3n) is 5.13. The van der Waals surface area contributed by atoms with Gasteiger partial charge in [-0.2, -0.15) is 13.2 Å². The number of nitrogens with zero attached hydrogens (tertiary/aromatic N) is 1. The van der Waals surface area contributed by atoms with Crippen molar-refractivity contribution in [1.29, 1.82) is 0 Å². The van der Waals surface area contributed by atoms with Crippen molar-refractivity contribution in [2.75, 3.05) is 11.4 Å². The Hall–Kier alpha value is -3.10. The topological polar surface area (TPSA) is 57.6 Å². The highest BCUT2D eigenvalue weighted by molar-refractivity contribution is 7.92. The van der Waals surface area contributed by atoms with Crippen LogP contribution in [0.3, 0.4) is 0 Å². The van der Waals surface area contributed by atoms with Crippen molar-refractivity contribution in [3.8, 4) is 0 Å². The molecule has 0 heterocycles. The van der Waals surface area contributed by atoms with Gasteiger partial charge in [0.25, 0.3) is 10.0 Å². The summed E-state index contributed by atoms with van der Waals surface area (Å²) in [5, 5.41) is 10.6. The van der Waals surface area contributed by atoms with E-state index in [1.807, 2.05) is 0 Å². The summed E-state index contributed by atoms with van der Waals surface area (Å²) in [6.07, 6.45) is -3.10. The SMILES string of the molecule is Cc1cc(C(O)(/C=C/c2ccccc2)C(F)(F)F)ccc1N(C)S(=O)(=O)c1ccccc1. The van der Waals surface area contributed by atoms with Crippen LogP contribution in [0.25, 0.3) is 6.08 Å². The van der Waals surface area contributed by atoms with E-state index in [2.05, 4.69) is 0 Å². The van der Waals surface area contributed by atoms with E-state index in [0.717, 1.165) is 16.4 Å². The minimum Gasteiger partial charge on any atom is -0.373 e. The molecule has 0 radical (unpaired) electrons. The van der Waals surface area contributed by atoms with Gasteiger partial charge >= 0.3 is 6.18 Å². The molecule has 3 aromatic rings. The fraction of sp³-hybridized carbons (Fsp3) is 0.167. The Balaban J connectivity index is 2.01. The molecule has 0 fully saturated rings. The maximum atomic E-state index is 13.9. The number of hydrogen-bond acceptors (Lipinski definition) is 3. The van der Waals surface area contributed by atoms with Gasteiger partial charge in [-0.05, 0) is 47.9 Å². The molecule has 3 rings (SSSR count). The van der Waals surface area contributed by atoms with E-state index in [0.29, 0.717) is 11.6 Å². The van der Waals surface area contributed by atoms with Crippen LogP contribution in [0.5, 0.6) is 0 Å². The van der Waals surface area contributed by atoms with E-state index >= 15 is 0 Å². The third-order valence-corrected chi connectivity index (χ3v) is 6.91. The van der Waals surface area contributed by atoms with Gasteiger partial charge in [-0.1, -0.05) is 66.7 Å². The van der Waals surface area contributed by atoms with Gasteiger partial charge in [-0.25, -0.2) is 8.42 Å². The smallest absolute Gasteiger partial charge is 0.373 e. The van der Waals surface area contributed by atoms with Crippen LogP contribution in [0.4, 0.5) is 18.9 Å². The van der Waals surface area contributed by atoms with E-state index in [9.17, 15) is 26.7 Å². The van der Waals surface area contributed by atoms with Crippen molar-refractivity contribution in [2.45, 2.75) is 23.6 Å². The molecule has 168 valence electrons. The number of hydrogen-bond donors (Lipinski definition) is 1. The van der Waals surface area contributed by atoms with E-state index < -0.39 is 27.4 Å². The quantitative estimate of drug-likeness (QED) is 0.543. The first kappa shape index (κ1) is 23.6. The lowest BCUT2D eigenvalue weighted by molar-refractivity contribution is -0.244. The summed E-state index contributed by atoms with van der Waals surface area (Å²) in [6.45, 7) is 1.49. The maximum Gasteiger partial charge on any atom is 0.425 e. The summed E-state index contributed by atoms with van der Waals surface area (Å²) >= 11 is 0. The van der Waals surface area contributed by atoms with Gasteiger partial charge in [0, 0.05) is 7.05 Å². The zero-order valence-electron chi connectivity index (χ0n) is 17.4. The van der Waals surface area contributed by atoms with Crippen LogP contribution in [-0.4, -0.2) is 26.7 Å². The molecule has 3 aromatic carbocycles. The Labute approximate surface area is 185 Å². The monoisotopic (exact) mass is 461 g/mol. The molecular weight excluding hydrogens is 439 g/mol. The van der Waals surface area contributed by atoms with Crippen molar-refractivity contribution >= 4 is 21.8 Å². The van der Waals surface area contributed by atoms with Gasteiger partial charge in [0.15, 0.2) is 0 Å². The van der Waals surface area contributed by atoms with Crippen LogP contribution in [0.2, 0.25) is 0 Å². The zero-order chi connectivity index (χ0) is 23.6. The van der Waals surface area contributed by atoms with Crippen molar-refractivity contribution in [1.82, 2.24) is 0 Å². The second-order valence-corrected chi connectivity index (χ2v) is 9.26. The van der Waals surface area contributed by atoms with Crippen molar-refractivity contribution < 1.29 is 26.7 Å². The van der Waals surface area contributed by atoms with Crippen LogP contribution in [0.1, 0.15) is 16.7 Å². The lowest BCUT2D eigenvalue weighted by Gasteiger charge is -2.29. The first-order chi connectivity index (χ1) is 15.0. The Morgan fingerprint density at radius 1 is 0.906 bits per heavy atom. The molecule has 0 aliphatic heterocycles. The summed E-state index contributed by atoms with van der Waals surface area (Å²) in [4.78, 5) is 0.0589. The average molecular weight is 462 g/mol. The standard InChI is InChI=1S/C24H22F3NO3S/c1-18-17-20(23(29,24(25,26)27)16-15-19-9-5-3-6-10-19)13-14-22(18)28(2)32(30,31)21-11-7-4-8-12-21/h3-17,29H,1-2H3/b16-15+. The molecule has 0 saturated heterocycles. The summed E-state index contributed by atoms with van der Waals surface area (Å²) in [5.41, 5.74) is -2.70. The van der Waals surface area contributed by atoms with Crippen LogP contribution in [-0.2, 0) is 15.6 Å². The van der Waals surface area contributed by atoms with Gasteiger partial charge in [-0.15, -0.1) is 0 Å². The summed E-state index contributed by atoms with van der Waals surface area (Å²) in [7, 11) is -2.57. The summed E-state index contributed by atoms with van der Waals surface area (Å²) < 4.78 is 68.4. The molecule has 0 aromatic heterocycles. The number of sulfonamides is 1. The zero-order valence-corrected chi connectivity index (χ0v) is 18.2. The fourth-order valence-electron chi connectivity index (χ4n) is 3.26. The van der Waals surface area contributed by atoms with Gasteiger partial charge in [0.1, 0.15) is 0 Å². The summed E-state index contributed by atoms with van der Waals surface area (Å²) in [5.74, 6) is 0. The van der Waals surface area contributed by atoms with E-state index in [4.69, 9.17) is 0 Å². The highest BCUT2D eigenvalue weighted by atomic mass is 32.2. The van der Waals surface area contributed by atoms with Gasteiger partial charge < -0.3 is 5.11 Å². The molecule has 0 spiro atoms. The Morgan fingerprint density at radius 2 is 1.47 bits per heavy atom. The van der Waals surface area contributed by atoms with Crippen molar-refractivity contribution in [2.24, 2.45) is 0 Å². The molecular formula is C24H22F3NO3S. The molecule has 0 aliphatic carbocycles. The fourth-order valence-corrected chi connectivity index (χ4v) is 4.54. The molecule has 4 nitrogen and oxygen atoms in total. The number of aliphatic hydroxyl groups is 1. The molecule has 32 heavy (non-hydrogen) atoms. The predicted molar refractivity (Wildman–Crippen MR) is 119 cm³/mol. The second-order valence-electron chi connectivity index (χ2n) is 7.30. The molecule has 1 atom stereocenters. The van der Waals surface area contributed by atoms with Crippen LogP contribution >= 0.6 is 0 Å². The maximum absolute atomic E-state index is 13.9. The Morgan fingerprint density at radius 3 is 2.00 bits per heavy atom. The molecule has 1 unspecified atom stereocenters. The summed E-state index contributed by atoms with van der Waals surface area (Å²) in [6, 6.07) is 19.5. The number of halogens is 3. The molecule has 8 heteroatoms. The first-order valence-corrected chi connectivity index (χ1v) is 11.1. The number of benzene rings is 3. The van der Waals surface area contributed by atoms with Crippen molar-refractivity contribution in [3.05, 3.63) is 102 Å². The Kier molecular flexibility index (Phi) is 6.48. The van der Waals surface area contributed by atoms with Gasteiger partial charge in [0.2, 0.25) is 5.60 Å². The number of alkyl halides is 3. The van der Waals surface area contributed by atoms with Crippen LogP contribution in [0.15, 0.2) is 89.8 Å². The number of anilines is 1. The third kappa shape index (κ3) is 4.56. The lowest BCUT2D eigenvalue weighted by Crippen LogP contribution is -2.40. The highest BCUT2D eigenvalue weighted by Crippen LogP contribution is 2.42. The number of aryl methyl sites for hydroxylation is 1. The van der Waals surface area contributed by atoms with Crippen molar-refractivity contribution in [3.63, 3.8) is 0 Å². The molecule has 0 saturated carbocycles. The minimum absolute atomic E-state index is 0.0589. The molecule has 0 bridgehead atoms. The lowest BCUT2D eigenvalue weighted by atomic mass is 9.90. The average Bonchev–Trinajstić information content (AvgIpc) is 2.77. The molecule has 0 aliphatic rings. The van der Waals surface area contributed by atoms with Crippen LogP contribution in [0, 0.1) is 6.92 Å². The van der Waals surface area contributed by atoms with Gasteiger partial charge in [0.05, 0.1) is 10.6 Å². The van der Waals surface area contributed by atoms with Crippen LogP contribution < -0.4 is 4.31 Å². The molecule has 1 N–H and O–H groups in total. The normalized spacial score (nSPS) is 14.3. The number of rotatable bonds is 6. The largest absolute Gasteiger partial charge is 0.425 e. The minimum atomic E-state index is -4.99. The van der Waals surface area contributed by atoms with E-state index in [1.54, 1.807) is 48.5 Å².